The number of anilines is 1. The van der Waals surface area contributed by atoms with E-state index >= 15 is 0 Å². The van der Waals surface area contributed by atoms with Crippen molar-refractivity contribution in [3.63, 3.8) is 0 Å². The van der Waals surface area contributed by atoms with Crippen molar-refractivity contribution in [1.29, 1.82) is 0 Å². The lowest BCUT2D eigenvalue weighted by molar-refractivity contribution is 0.0516. The zero-order valence-corrected chi connectivity index (χ0v) is 15.0. The summed E-state index contributed by atoms with van der Waals surface area (Å²) in [6.07, 6.45) is -0.412. The maximum Gasteiger partial charge on any atom is 0.407 e. The first kappa shape index (κ1) is 19.3. The Labute approximate surface area is 138 Å². The number of carbonyl (C=O) groups excluding carboxylic acids is 1. The lowest BCUT2D eigenvalue weighted by Gasteiger charge is -2.24. The summed E-state index contributed by atoms with van der Waals surface area (Å²) in [5.74, 6) is 0.332. The topological polar surface area (TPSA) is 50.4 Å². The number of nitrogens with one attached hydrogen (secondary N) is 2. The fourth-order valence-electron chi connectivity index (χ4n) is 2.16. The van der Waals surface area contributed by atoms with Crippen molar-refractivity contribution < 1.29 is 13.9 Å². The molecule has 1 aromatic carbocycles. The highest BCUT2D eigenvalue weighted by molar-refractivity contribution is 5.67. The molecule has 0 aliphatic carbocycles. The molecule has 4 nitrogen and oxygen atoms in total. The smallest absolute Gasteiger partial charge is 0.407 e. The summed E-state index contributed by atoms with van der Waals surface area (Å²) in [6.45, 7) is 12.7. The van der Waals surface area contributed by atoms with E-state index in [1.54, 1.807) is 0 Å². The molecule has 0 aromatic heterocycles. The minimum atomic E-state index is -0.505. The molecular weight excluding hydrogens is 295 g/mol. The van der Waals surface area contributed by atoms with Crippen LogP contribution in [0.2, 0.25) is 0 Å². The Morgan fingerprint density at radius 1 is 1.22 bits per heavy atom. The molecule has 0 spiro atoms. The number of benzene rings is 1. The van der Waals surface area contributed by atoms with Gasteiger partial charge in [0.15, 0.2) is 0 Å². The van der Waals surface area contributed by atoms with Crippen LogP contribution in [-0.2, 0) is 4.74 Å². The van der Waals surface area contributed by atoms with Crippen LogP contribution in [0.4, 0.5) is 14.9 Å². The molecule has 5 heteroatoms. The summed E-state index contributed by atoms with van der Waals surface area (Å²) in [5.41, 5.74) is 1.13. The van der Waals surface area contributed by atoms with Crippen molar-refractivity contribution >= 4 is 11.8 Å². The Morgan fingerprint density at radius 2 is 1.87 bits per heavy atom. The lowest BCUT2D eigenvalue weighted by atomic mass is 9.95. The van der Waals surface area contributed by atoms with Crippen molar-refractivity contribution in [2.24, 2.45) is 11.8 Å². The third-order valence-electron chi connectivity index (χ3n) is 3.46. The Kier molecular flexibility index (Phi) is 6.85. The van der Waals surface area contributed by atoms with Crippen LogP contribution in [-0.4, -0.2) is 24.8 Å². The van der Waals surface area contributed by atoms with Gasteiger partial charge in [-0.2, -0.15) is 0 Å². The second kappa shape index (κ2) is 8.18. The number of hydrogen-bond donors (Lipinski definition) is 2. The molecule has 1 amide bonds. The van der Waals surface area contributed by atoms with Crippen LogP contribution >= 0.6 is 0 Å². The maximum atomic E-state index is 13.4. The van der Waals surface area contributed by atoms with Gasteiger partial charge >= 0.3 is 6.09 Å². The fraction of sp³-hybridized carbons (Fsp3) is 0.611. The van der Waals surface area contributed by atoms with Gasteiger partial charge in [0.25, 0.3) is 0 Å². The first-order valence-corrected chi connectivity index (χ1v) is 8.05. The molecule has 0 radical (unpaired) electrons. The number of amides is 1. The van der Waals surface area contributed by atoms with Crippen LogP contribution in [0.3, 0.4) is 0 Å². The summed E-state index contributed by atoms with van der Waals surface area (Å²) >= 11 is 0. The Hall–Kier alpha value is -1.78. The predicted molar refractivity (Wildman–Crippen MR) is 92.2 cm³/mol. The van der Waals surface area contributed by atoms with E-state index in [0.29, 0.717) is 19.0 Å². The highest BCUT2D eigenvalue weighted by Crippen LogP contribution is 2.16. The van der Waals surface area contributed by atoms with Crippen LogP contribution in [0.1, 0.15) is 40.2 Å². The minimum Gasteiger partial charge on any atom is -0.444 e. The van der Waals surface area contributed by atoms with Gasteiger partial charge in [-0.25, -0.2) is 9.18 Å². The van der Waals surface area contributed by atoms with E-state index < -0.39 is 11.7 Å². The van der Waals surface area contributed by atoms with Crippen molar-refractivity contribution in [2.45, 2.75) is 47.1 Å². The van der Waals surface area contributed by atoms with Crippen LogP contribution in [0.15, 0.2) is 18.2 Å². The van der Waals surface area contributed by atoms with Crippen molar-refractivity contribution in [1.82, 2.24) is 5.32 Å². The van der Waals surface area contributed by atoms with Crippen molar-refractivity contribution in [3.05, 3.63) is 29.6 Å². The standard InChI is InChI=1S/C18H29FN2O2/c1-12(2)14(11-21-17(22)23-18(4,5)6)10-20-16-8-13(3)7-15(19)9-16/h7-9,12,14,20H,10-11H2,1-6H3,(H,21,22). The maximum absolute atomic E-state index is 13.4. The molecule has 0 saturated heterocycles. The second-order valence-electron chi connectivity index (χ2n) is 7.29. The summed E-state index contributed by atoms with van der Waals surface area (Å²) < 4.78 is 18.7. The molecule has 0 aliphatic rings. The van der Waals surface area contributed by atoms with Gasteiger partial charge in [0.05, 0.1) is 0 Å². The van der Waals surface area contributed by atoms with E-state index in [1.165, 1.54) is 12.1 Å². The molecule has 1 rings (SSSR count). The quantitative estimate of drug-likeness (QED) is 0.818. The van der Waals surface area contributed by atoms with Crippen molar-refractivity contribution in [2.75, 3.05) is 18.4 Å². The molecular formula is C18H29FN2O2. The number of carbonyl (C=O) groups is 1. The zero-order chi connectivity index (χ0) is 17.6. The summed E-state index contributed by atoms with van der Waals surface area (Å²) in [5, 5.41) is 6.05. The second-order valence-corrected chi connectivity index (χ2v) is 7.29. The molecule has 0 aliphatic heterocycles. The third-order valence-corrected chi connectivity index (χ3v) is 3.46. The van der Waals surface area contributed by atoms with E-state index in [0.717, 1.165) is 11.3 Å². The first-order chi connectivity index (χ1) is 10.6. The van der Waals surface area contributed by atoms with Gasteiger partial charge < -0.3 is 15.4 Å². The molecule has 1 aromatic rings. The zero-order valence-electron chi connectivity index (χ0n) is 15.0. The summed E-state index contributed by atoms with van der Waals surface area (Å²) in [7, 11) is 0. The SMILES string of the molecule is Cc1cc(F)cc(NCC(CNC(=O)OC(C)(C)C)C(C)C)c1. The number of ether oxygens (including phenoxy) is 1. The van der Waals surface area contributed by atoms with Crippen LogP contribution < -0.4 is 10.6 Å². The molecule has 1 atom stereocenters. The Bertz CT molecular complexity index is 504. The number of hydrogen-bond acceptors (Lipinski definition) is 3. The van der Waals surface area contributed by atoms with Crippen molar-refractivity contribution in [3.8, 4) is 0 Å². The average Bonchev–Trinajstić information content (AvgIpc) is 2.34. The lowest BCUT2D eigenvalue weighted by Crippen LogP contribution is -2.38. The third kappa shape index (κ3) is 7.86. The first-order valence-electron chi connectivity index (χ1n) is 8.05. The fourth-order valence-corrected chi connectivity index (χ4v) is 2.16. The van der Waals surface area contributed by atoms with E-state index in [2.05, 4.69) is 24.5 Å². The van der Waals surface area contributed by atoms with E-state index in [9.17, 15) is 9.18 Å². The molecule has 1 unspecified atom stereocenters. The normalized spacial score (nSPS) is 12.9. The van der Waals surface area contributed by atoms with E-state index in [4.69, 9.17) is 4.74 Å². The molecule has 0 saturated carbocycles. The minimum absolute atomic E-state index is 0.214. The molecule has 130 valence electrons. The Balaban J connectivity index is 2.54. The number of alkyl carbamates (subject to hydrolysis) is 1. The molecule has 0 bridgehead atoms. The molecule has 2 N–H and O–H groups in total. The van der Waals surface area contributed by atoms with E-state index in [1.807, 2.05) is 33.8 Å². The molecule has 0 fully saturated rings. The summed E-state index contributed by atoms with van der Waals surface area (Å²) in [4.78, 5) is 11.7. The van der Waals surface area contributed by atoms with Gasteiger partial charge in [-0.15, -0.1) is 0 Å². The largest absolute Gasteiger partial charge is 0.444 e. The van der Waals surface area contributed by atoms with Crippen LogP contribution in [0, 0.1) is 24.6 Å². The highest BCUT2D eigenvalue weighted by Gasteiger charge is 2.19. The Morgan fingerprint density at radius 3 is 2.39 bits per heavy atom. The van der Waals surface area contributed by atoms with Gasteiger partial charge in [0.1, 0.15) is 11.4 Å². The van der Waals surface area contributed by atoms with Gasteiger partial charge in [-0.05, 0) is 63.3 Å². The van der Waals surface area contributed by atoms with Gasteiger partial charge in [0.2, 0.25) is 0 Å². The number of halogens is 1. The average molecular weight is 324 g/mol. The molecule has 0 heterocycles. The van der Waals surface area contributed by atoms with Crippen LogP contribution in [0.25, 0.3) is 0 Å². The van der Waals surface area contributed by atoms with Gasteiger partial charge in [0, 0.05) is 18.8 Å². The summed E-state index contributed by atoms with van der Waals surface area (Å²) in [6, 6.07) is 4.88. The number of aryl methyl sites for hydroxylation is 1. The highest BCUT2D eigenvalue weighted by atomic mass is 19.1. The number of rotatable bonds is 6. The van der Waals surface area contributed by atoms with E-state index in [-0.39, 0.29) is 11.7 Å². The predicted octanol–water partition coefficient (Wildman–Crippen LogP) is 4.34. The van der Waals surface area contributed by atoms with Gasteiger partial charge in [-0.1, -0.05) is 13.8 Å². The monoisotopic (exact) mass is 324 g/mol. The van der Waals surface area contributed by atoms with Crippen LogP contribution in [0.5, 0.6) is 0 Å². The molecule has 23 heavy (non-hydrogen) atoms. The van der Waals surface area contributed by atoms with Gasteiger partial charge in [-0.3, -0.25) is 0 Å².